The van der Waals surface area contributed by atoms with Crippen LogP contribution in [0, 0.1) is 45.6 Å². The molecular formula is C52H46N4. The third kappa shape index (κ3) is 6.28. The normalized spacial score (nSPS) is 11.5. The number of aryl methyl sites for hydroxylation is 4. The van der Waals surface area contributed by atoms with Crippen LogP contribution in [-0.2, 0) is 0 Å². The minimum Gasteiger partial charge on any atom is -0.310 e. The molecule has 274 valence electrons. The summed E-state index contributed by atoms with van der Waals surface area (Å²) in [7, 11) is 0. The summed E-state index contributed by atoms with van der Waals surface area (Å²) >= 11 is 0. The molecule has 0 amide bonds. The molecule has 0 aromatic heterocycles. The molecule has 0 aliphatic rings. The van der Waals surface area contributed by atoms with Gasteiger partial charge in [-0.2, -0.15) is 5.26 Å². The maximum atomic E-state index is 9.71. The zero-order chi connectivity index (χ0) is 39.4. The first-order valence-electron chi connectivity index (χ1n) is 19.5. The van der Waals surface area contributed by atoms with Crippen LogP contribution in [0.25, 0.3) is 37.2 Å². The largest absolute Gasteiger partial charge is 0.310 e. The van der Waals surface area contributed by atoms with Crippen LogP contribution in [0.15, 0.2) is 121 Å². The molecule has 0 bridgehead atoms. The highest BCUT2D eigenvalue weighted by molar-refractivity contribution is 6.29. The van der Waals surface area contributed by atoms with Gasteiger partial charge in [0.1, 0.15) is 0 Å². The predicted octanol–water partition coefficient (Wildman–Crippen LogP) is 15.4. The fraction of sp³-hybridized carbons (Fsp3) is 0.192. The van der Waals surface area contributed by atoms with Gasteiger partial charge in [-0.05, 0) is 167 Å². The molecule has 4 nitrogen and oxygen atoms in total. The maximum absolute atomic E-state index is 9.71. The van der Waals surface area contributed by atoms with Gasteiger partial charge in [0.05, 0.1) is 29.6 Å². The minimum absolute atomic E-state index is 0.261. The van der Waals surface area contributed by atoms with Crippen LogP contribution in [-0.4, -0.2) is 0 Å². The van der Waals surface area contributed by atoms with Crippen molar-refractivity contribution in [2.24, 2.45) is 0 Å². The fourth-order valence-corrected chi connectivity index (χ4v) is 8.71. The van der Waals surface area contributed by atoms with Crippen molar-refractivity contribution in [1.29, 1.82) is 5.26 Å². The molecule has 0 atom stereocenters. The first kappa shape index (κ1) is 36.4. The first-order valence-corrected chi connectivity index (χ1v) is 19.5. The second-order valence-corrected chi connectivity index (χ2v) is 16.0. The number of nitrogens with zero attached hydrogens (tertiary/aromatic N) is 4. The van der Waals surface area contributed by atoms with E-state index < -0.39 is 0 Å². The Labute approximate surface area is 331 Å². The zero-order valence-corrected chi connectivity index (χ0v) is 33.5. The summed E-state index contributed by atoms with van der Waals surface area (Å²) in [5, 5.41) is 17.1. The van der Waals surface area contributed by atoms with Crippen molar-refractivity contribution in [3.63, 3.8) is 0 Å². The topological polar surface area (TPSA) is 34.6 Å². The van der Waals surface area contributed by atoms with Crippen LogP contribution in [0.2, 0.25) is 0 Å². The third-order valence-corrected chi connectivity index (χ3v) is 11.1. The van der Waals surface area contributed by atoms with Gasteiger partial charge in [-0.3, -0.25) is 0 Å². The van der Waals surface area contributed by atoms with E-state index >= 15 is 0 Å². The second-order valence-electron chi connectivity index (χ2n) is 16.0. The van der Waals surface area contributed by atoms with Crippen molar-refractivity contribution in [2.45, 2.75) is 67.2 Å². The Morgan fingerprint density at radius 1 is 0.482 bits per heavy atom. The Morgan fingerprint density at radius 3 is 1.21 bits per heavy atom. The number of nitriles is 1. The van der Waals surface area contributed by atoms with Gasteiger partial charge >= 0.3 is 0 Å². The summed E-state index contributed by atoms with van der Waals surface area (Å²) in [6, 6.07) is 45.9. The number of rotatable bonds is 8. The van der Waals surface area contributed by atoms with Crippen LogP contribution in [0.4, 0.5) is 39.8 Å². The third-order valence-electron chi connectivity index (χ3n) is 11.1. The molecular weight excluding hydrogens is 681 g/mol. The summed E-state index contributed by atoms with van der Waals surface area (Å²) in [5.74, 6) is 0.524. The Bertz CT molecular complexity index is 2630. The number of hydrogen-bond donors (Lipinski definition) is 0. The van der Waals surface area contributed by atoms with Crippen molar-refractivity contribution in [1.82, 2.24) is 0 Å². The molecule has 8 rings (SSSR count). The SMILES string of the molecule is [C-]#[N+]c1ccc(N(c2cc(C)cc(C)c2)c2cc(C(C)C)c3ccc4c(N(c5ccc(C#N)cc5)c5cc(C)cc(C)c5)cc(C(C)C)c5ccc2c3c54)cc1. The average molecular weight is 727 g/mol. The smallest absolute Gasteiger partial charge is 0.187 e. The van der Waals surface area contributed by atoms with Gasteiger partial charge in [0.15, 0.2) is 5.69 Å². The molecule has 4 heteroatoms. The molecule has 0 spiro atoms. The summed E-state index contributed by atoms with van der Waals surface area (Å²) in [6.45, 7) is 25.4. The summed E-state index contributed by atoms with van der Waals surface area (Å²) in [4.78, 5) is 8.47. The van der Waals surface area contributed by atoms with E-state index in [2.05, 4.69) is 173 Å². The summed E-state index contributed by atoms with van der Waals surface area (Å²) in [6.07, 6.45) is 0. The van der Waals surface area contributed by atoms with Gasteiger partial charge in [0.25, 0.3) is 0 Å². The van der Waals surface area contributed by atoms with Crippen molar-refractivity contribution >= 4 is 72.1 Å². The Morgan fingerprint density at radius 2 is 0.857 bits per heavy atom. The average Bonchev–Trinajstić information content (AvgIpc) is 3.17. The van der Waals surface area contributed by atoms with Crippen LogP contribution >= 0.6 is 0 Å². The molecule has 0 aliphatic carbocycles. The highest BCUT2D eigenvalue weighted by Gasteiger charge is 2.26. The van der Waals surface area contributed by atoms with Gasteiger partial charge < -0.3 is 9.80 Å². The van der Waals surface area contributed by atoms with Crippen LogP contribution in [0.5, 0.6) is 0 Å². The van der Waals surface area contributed by atoms with Crippen molar-refractivity contribution in [3.05, 3.63) is 172 Å². The van der Waals surface area contributed by atoms with Gasteiger partial charge in [0.2, 0.25) is 0 Å². The van der Waals surface area contributed by atoms with E-state index in [4.69, 9.17) is 6.57 Å². The predicted molar refractivity (Wildman–Crippen MR) is 238 cm³/mol. The standard InChI is InChI=1S/C52H46N4/c1-31(2)47-28-49(55(39-14-10-37(30-53)11-15-39)41-24-33(5)22-34(6)25-41)45-20-18-44-48(32(3)4)29-50(46-21-19-43(47)51(45)52(44)46)56(40-16-12-38(54-9)13-17-40)42-26-35(7)23-36(8)27-42/h10-29,31-32H,1-8H3. The lowest BCUT2D eigenvalue weighted by atomic mass is 9.84. The van der Waals surface area contributed by atoms with E-state index in [1.54, 1.807) is 0 Å². The number of anilines is 6. The Balaban J connectivity index is 1.52. The van der Waals surface area contributed by atoms with Gasteiger partial charge in [0, 0.05) is 33.5 Å². The molecule has 0 fully saturated rings. The molecule has 0 saturated heterocycles. The van der Waals surface area contributed by atoms with E-state index in [-0.39, 0.29) is 11.8 Å². The van der Waals surface area contributed by atoms with Gasteiger partial charge in [-0.1, -0.05) is 76.2 Å². The number of hydrogen-bond acceptors (Lipinski definition) is 3. The van der Waals surface area contributed by atoms with E-state index in [1.807, 2.05) is 24.3 Å². The van der Waals surface area contributed by atoms with E-state index in [1.165, 1.54) is 65.7 Å². The highest BCUT2D eigenvalue weighted by atomic mass is 15.2. The zero-order valence-electron chi connectivity index (χ0n) is 33.5. The quantitative estimate of drug-likeness (QED) is 0.115. The van der Waals surface area contributed by atoms with Gasteiger partial charge in [-0.25, -0.2) is 4.85 Å². The molecule has 0 unspecified atom stereocenters. The molecule has 0 aliphatic heterocycles. The number of benzene rings is 8. The van der Waals surface area contributed by atoms with E-state index in [0.717, 1.165) is 34.1 Å². The Hall–Kier alpha value is -6.62. The maximum Gasteiger partial charge on any atom is 0.187 e. The molecule has 0 heterocycles. The van der Waals surface area contributed by atoms with Crippen LogP contribution in [0.3, 0.4) is 0 Å². The molecule has 0 saturated carbocycles. The molecule has 8 aromatic rings. The van der Waals surface area contributed by atoms with E-state index in [0.29, 0.717) is 11.3 Å². The summed E-state index contributed by atoms with van der Waals surface area (Å²) in [5.41, 5.74) is 15.1. The lowest BCUT2D eigenvalue weighted by Crippen LogP contribution is -2.13. The lowest BCUT2D eigenvalue weighted by Gasteiger charge is -2.32. The second kappa shape index (κ2) is 14.2. The fourth-order valence-electron chi connectivity index (χ4n) is 8.71. The Kier molecular flexibility index (Phi) is 9.24. The minimum atomic E-state index is 0.261. The van der Waals surface area contributed by atoms with Crippen molar-refractivity contribution in [2.75, 3.05) is 9.80 Å². The highest BCUT2D eigenvalue weighted by Crippen LogP contribution is 2.51. The first-order chi connectivity index (χ1) is 26.9. The van der Waals surface area contributed by atoms with Crippen molar-refractivity contribution in [3.8, 4) is 6.07 Å². The summed E-state index contributed by atoms with van der Waals surface area (Å²) < 4.78 is 0. The van der Waals surface area contributed by atoms with Crippen LogP contribution < -0.4 is 9.80 Å². The molecule has 56 heavy (non-hydrogen) atoms. The monoisotopic (exact) mass is 726 g/mol. The molecule has 8 aromatic carbocycles. The molecule has 0 N–H and O–H groups in total. The molecule has 0 radical (unpaired) electrons. The van der Waals surface area contributed by atoms with Gasteiger partial charge in [-0.15, -0.1) is 0 Å². The van der Waals surface area contributed by atoms with Crippen molar-refractivity contribution < 1.29 is 0 Å². The van der Waals surface area contributed by atoms with Crippen LogP contribution in [0.1, 0.15) is 78.5 Å². The lowest BCUT2D eigenvalue weighted by molar-refractivity contribution is 0.875. The van der Waals surface area contributed by atoms with E-state index in [9.17, 15) is 5.26 Å².